The molecule has 0 spiro atoms. The third kappa shape index (κ3) is 5.85. The van der Waals surface area contributed by atoms with Crippen LogP contribution in [0.3, 0.4) is 0 Å². The smallest absolute Gasteiger partial charge is 0.341 e. The number of rotatable bonds is 9. The second-order valence-electron chi connectivity index (χ2n) is 9.11. The van der Waals surface area contributed by atoms with Gasteiger partial charge in [-0.05, 0) is 37.6 Å². The van der Waals surface area contributed by atoms with E-state index >= 15 is 0 Å². The predicted octanol–water partition coefficient (Wildman–Crippen LogP) is 6.70. The van der Waals surface area contributed by atoms with Crippen LogP contribution in [0.25, 0.3) is 33.2 Å². The van der Waals surface area contributed by atoms with Gasteiger partial charge < -0.3 is 23.9 Å². The molecule has 0 aliphatic rings. The molecule has 1 N–H and O–H groups in total. The highest BCUT2D eigenvalue weighted by Gasteiger charge is 2.23. The number of para-hydroxylation sites is 1. The molecule has 0 fully saturated rings. The van der Waals surface area contributed by atoms with Crippen molar-refractivity contribution in [3.8, 4) is 33.8 Å². The lowest BCUT2D eigenvalue weighted by atomic mass is 10.0. The van der Waals surface area contributed by atoms with Gasteiger partial charge in [-0.25, -0.2) is 4.79 Å². The highest BCUT2D eigenvalue weighted by Crippen LogP contribution is 2.36. The molecule has 9 heteroatoms. The lowest BCUT2D eigenvalue weighted by Crippen LogP contribution is -2.21. The van der Waals surface area contributed by atoms with Crippen molar-refractivity contribution in [2.75, 3.05) is 25.6 Å². The molecule has 5 rings (SSSR count). The Morgan fingerprint density at radius 2 is 1.76 bits per heavy atom. The molecule has 0 aliphatic carbocycles. The number of esters is 1. The number of methoxy groups -OCH3 is 1. The summed E-state index contributed by atoms with van der Waals surface area (Å²) < 4.78 is 22.1. The Morgan fingerprint density at radius 3 is 2.51 bits per heavy atom. The molecule has 208 valence electrons. The van der Waals surface area contributed by atoms with E-state index in [1.54, 1.807) is 44.4 Å². The van der Waals surface area contributed by atoms with E-state index in [0.717, 1.165) is 11.1 Å². The average molecular weight is 570 g/mol. The van der Waals surface area contributed by atoms with Crippen LogP contribution in [0.2, 0.25) is 0 Å². The van der Waals surface area contributed by atoms with Gasteiger partial charge in [0, 0.05) is 22.6 Å². The third-order valence-electron chi connectivity index (χ3n) is 6.40. The number of anilines is 1. The van der Waals surface area contributed by atoms with Crippen molar-refractivity contribution in [3.63, 3.8) is 0 Å². The number of carbonyl (C=O) groups excluding carboxylic acids is 2. The van der Waals surface area contributed by atoms with Crippen LogP contribution in [0.15, 0.2) is 87.6 Å². The zero-order chi connectivity index (χ0) is 28.9. The lowest BCUT2D eigenvalue weighted by Gasteiger charge is -2.11. The molecule has 0 bridgehead atoms. The minimum atomic E-state index is -0.516. The summed E-state index contributed by atoms with van der Waals surface area (Å²) in [5.41, 5.74) is 4.03. The van der Waals surface area contributed by atoms with Gasteiger partial charge in [-0.1, -0.05) is 48.0 Å². The maximum absolute atomic E-state index is 13.2. The standard InChI is InChI=1S/C32H27NO7S/c1-4-38-32(36)29-25(20-11-9-19(2)10-12-20)18-41-31(29)33-28(34)17-39-21-13-14-23-27(15-21)40-16-24(30(23)35)22-7-5-6-8-26(22)37-3/h5-16,18H,4,17H2,1-3H3,(H,33,34). The maximum Gasteiger partial charge on any atom is 0.341 e. The van der Waals surface area contributed by atoms with Gasteiger partial charge in [-0.15, -0.1) is 11.3 Å². The van der Waals surface area contributed by atoms with Crippen LogP contribution in [0.5, 0.6) is 11.5 Å². The van der Waals surface area contributed by atoms with Crippen molar-refractivity contribution in [1.82, 2.24) is 0 Å². The zero-order valence-corrected chi connectivity index (χ0v) is 23.5. The fourth-order valence-electron chi connectivity index (χ4n) is 4.36. The summed E-state index contributed by atoms with van der Waals surface area (Å²) in [6.45, 7) is 3.59. The Kier molecular flexibility index (Phi) is 8.16. The summed E-state index contributed by atoms with van der Waals surface area (Å²) in [5.74, 6) is -0.0653. The summed E-state index contributed by atoms with van der Waals surface area (Å²) >= 11 is 1.24. The normalized spacial score (nSPS) is 10.8. The molecule has 2 aromatic heterocycles. The van der Waals surface area contributed by atoms with E-state index in [0.29, 0.717) is 49.7 Å². The largest absolute Gasteiger partial charge is 0.496 e. The monoisotopic (exact) mass is 569 g/mol. The first-order chi connectivity index (χ1) is 19.9. The molecule has 8 nitrogen and oxygen atoms in total. The highest BCUT2D eigenvalue weighted by molar-refractivity contribution is 7.15. The summed E-state index contributed by atoms with van der Waals surface area (Å²) in [7, 11) is 1.54. The number of benzene rings is 3. The molecule has 0 atom stereocenters. The molecule has 2 heterocycles. The van der Waals surface area contributed by atoms with Gasteiger partial charge >= 0.3 is 5.97 Å². The number of aryl methyl sites for hydroxylation is 1. The molecule has 0 unspecified atom stereocenters. The molecule has 0 radical (unpaired) electrons. The summed E-state index contributed by atoms with van der Waals surface area (Å²) in [6.07, 6.45) is 1.39. The number of carbonyl (C=O) groups is 2. The molecule has 5 aromatic rings. The van der Waals surface area contributed by atoms with Crippen molar-refractivity contribution >= 4 is 39.2 Å². The van der Waals surface area contributed by atoms with Crippen molar-refractivity contribution in [1.29, 1.82) is 0 Å². The van der Waals surface area contributed by atoms with E-state index in [1.165, 1.54) is 17.6 Å². The van der Waals surface area contributed by atoms with Gasteiger partial charge in [0.05, 0.1) is 24.7 Å². The molecule has 3 aromatic carbocycles. The first-order valence-corrected chi connectivity index (χ1v) is 13.7. The van der Waals surface area contributed by atoms with Gasteiger partial charge in [-0.2, -0.15) is 0 Å². The fourth-order valence-corrected chi connectivity index (χ4v) is 5.34. The Balaban J connectivity index is 1.33. The minimum Gasteiger partial charge on any atom is -0.496 e. The first kappa shape index (κ1) is 27.7. The average Bonchev–Trinajstić information content (AvgIpc) is 3.40. The van der Waals surface area contributed by atoms with Crippen LogP contribution in [-0.4, -0.2) is 32.2 Å². The summed E-state index contributed by atoms with van der Waals surface area (Å²) in [4.78, 5) is 38.8. The second-order valence-corrected chi connectivity index (χ2v) is 9.99. The van der Waals surface area contributed by atoms with E-state index in [2.05, 4.69) is 5.32 Å². The van der Waals surface area contributed by atoms with E-state index in [4.69, 9.17) is 18.6 Å². The summed E-state index contributed by atoms with van der Waals surface area (Å²) in [6, 6.07) is 19.7. The predicted molar refractivity (Wildman–Crippen MR) is 159 cm³/mol. The van der Waals surface area contributed by atoms with Crippen LogP contribution in [0.1, 0.15) is 22.8 Å². The molecule has 0 aliphatic heterocycles. The van der Waals surface area contributed by atoms with Crippen LogP contribution < -0.4 is 20.2 Å². The van der Waals surface area contributed by atoms with Gasteiger partial charge in [0.25, 0.3) is 5.91 Å². The van der Waals surface area contributed by atoms with Crippen molar-refractivity contribution in [2.24, 2.45) is 0 Å². The maximum atomic E-state index is 13.2. The highest BCUT2D eigenvalue weighted by atomic mass is 32.1. The fraction of sp³-hybridized carbons (Fsp3) is 0.156. The van der Waals surface area contributed by atoms with Crippen LogP contribution in [0.4, 0.5) is 5.00 Å². The summed E-state index contributed by atoms with van der Waals surface area (Å²) in [5, 5.41) is 5.33. The SMILES string of the molecule is CCOC(=O)c1c(-c2ccc(C)cc2)csc1NC(=O)COc1ccc2c(=O)c(-c3ccccc3OC)coc2c1. The molecule has 1 amide bonds. The van der Waals surface area contributed by atoms with E-state index in [-0.39, 0.29) is 18.6 Å². The zero-order valence-electron chi connectivity index (χ0n) is 22.7. The third-order valence-corrected chi connectivity index (χ3v) is 7.29. The van der Waals surface area contributed by atoms with Crippen molar-refractivity contribution in [2.45, 2.75) is 13.8 Å². The molecule has 0 saturated heterocycles. The minimum absolute atomic E-state index is 0.205. The molecule has 0 saturated carbocycles. The lowest BCUT2D eigenvalue weighted by molar-refractivity contribution is -0.118. The molecule has 41 heavy (non-hydrogen) atoms. The van der Waals surface area contributed by atoms with Crippen molar-refractivity contribution in [3.05, 3.63) is 99.7 Å². The Morgan fingerprint density at radius 1 is 0.976 bits per heavy atom. The quantitative estimate of drug-likeness (QED) is 0.197. The number of fused-ring (bicyclic) bond motifs is 1. The van der Waals surface area contributed by atoms with E-state index in [9.17, 15) is 14.4 Å². The number of hydrogen-bond acceptors (Lipinski definition) is 8. The number of hydrogen-bond donors (Lipinski definition) is 1. The van der Waals surface area contributed by atoms with E-state index < -0.39 is 11.9 Å². The van der Waals surface area contributed by atoms with Gasteiger partial charge in [0.1, 0.15) is 33.9 Å². The Hall–Kier alpha value is -4.89. The number of nitrogens with one attached hydrogen (secondary N) is 1. The van der Waals surface area contributed by atoms with Gasteiger partial charge in [-0.3, -0.25) is 9.59 Å². The Bertz CT molecular complexity index is 1790. The second kappa shape index (κ2) is 12.1. The topological polar surface area (TPSA) is 104 Å². The van der Waals surface area contributed by atoms with Crippen LogP contribution >= 0.6 is 11.3 Å². The number of amides is 1. The Labute approximate surface area is 240 Å². The van der Waals surface area contributed by atoms with E-state index in [1.807, 2.05) is 48.7 Å². The van der Waals surface area contributed by atoms with Crippen molar-refractivity contribution < 1.29 is 28.2 Å². The number of ether oxygens (including phenoxy) is 3. The number of thiophene rings is 1. The first-order valence-electron chi connectivity index (χ1n) is 12.9. The van der Waals surface area contributed by atoms with Gasteiger partial charge in [0.15, 0.2) is 6.61 Å². The van der Waals surface area contributed by atoms with Gasteiger partial charge in [0.2, 0.25) is 5.43 Å². The molecular weight excluding hydrogens is 542 g/mol. The van der Waals surface area contributed by atoms with Crippen LogP contribution in [0, 0.1) is 6.92 Å². The molecular formula is C32H27NO7S. The van der Waals surface area contributed by atoms with Crippen LogP contribution in [-0.2, 0) is 9.53 Å².